The Morgan fingerprint density at radius 2 is 1.48 bits per heavy atom. The van der Waals surface area contributed by atoms with Gasteiger partial charge >= 0.3 is 0 Å². The molecule has 2 rings (SSSR count). The summed E-state index contributed by atoms with van der Waals surface area (Å²) in [6.45, 7) is 0. The molecule has 0 heterocycles. The monoisotopic (exact) mass is 403 g/mol. The largest absolute Gasteiger partial charge is 0.370 e. The third kappa shape index (κ3) is 8.36. The van der Waals surface area contributed by atoms with Crippen molar-refractivity contribution in [2.75, 3.05) is 0 Å². The molecular formula is C14H15Cl2N5O3S. The Balaban J connectivity index is 0.000000271. The molecule has 0 aromatic heterocycles. The fourth-order valence-corrected chi connectivity index (χ4v) is 2.50. The van der Waals surface area contributed by atoms with E-state index >= 15 is 0 Å². The molecular weight excluding hydrogens is 389 g/mol. The van der Waals surface area contributed by atoms with Gasteiger partial charge in [0.15, 0.2) is 5.96 Å². The normalized spacial score (nSPS) is 11.2. The molecule has 0 spiro atoms. The third-order valence-corrected chi connectivity index (χ3v) is 3.68. The lowest BCUT2D eigenvalue weighted by Gasteiger charge is -1.98. The van der Waals surface area contributed by atoms with Crippen molar-refractivity contribution in [2.45, 2.75) is 4.90 Å². The number of hydrogen-bond donors (Lipinski definition) is 4. The number of nitrogens with two attached hydrogens (primary N) is 3. The Morgan fingerprint density at radius 3 is 1.88 bits per heavy atom. The zero-order chi connectivity index (χ0) is 19.0. The average molecular weight is 404 g/mol. The lowest BCUT2D eigenvalue weighted by molar-refractivity contribution is 0.483. The first-order valence-electron chi connectivity index (χ1n) is 6.50. The minimum atomic E-state index is -4.00. The quantitative estimate of drug-likeness (QED) is 0.341. The van der Waals surface area contributed by atoms with Gasteiger partial charge in [-0.1, -0.05) is 41.4 Å². The molecule has 2 aromatic carbocycles. The fraction of sp³-hybridized carbons (Fsp3) is 0. The molecule has 134 valence electrons. The molecule has 0 unspecified atom stereocenters. The molecule has 0 aliphatic carbocycles. The van der Waals surface area contributed by atoms with Gasteiger partial charge in [0.1, 0.15) is 0 Å². The van der Waals surface area contributed by atoms with E-state index in [0.29, 0.717) is 15.7 Å². The van der Waals surface area contributed by atoms with Crippen LogP contribution in [0.4, 0.5) is 5.69 Å². The highest BCUT2D eigenvalue weighted by atomic mass is 35.5. The average Bonchev–Trinajstić information content (AvgIpc) is 2.45. The molecule has 0 amide bonds. The van der Waals surface area contributed by atoms with Crippen molar-refractivity contribution in [3.8, 4) is 0 Å². The molecule has 0 fully saturated rings. The zero-order valence-corrected chi connectivity index (χ0v) is 15.0. The van der Waals surface area contributed by atoms with Crippen LogP contribution in [0.3, 0.4) is 0 Å². The molecule has 25 heavy (non-hydrogen) atoms. The van der Waals surface area contributed by atoms with Crippen LogP contribution in [0.5, 0.6) is 0 Å². The number of halogens is 2. The van der Waals surface area contributed by atoms with E-state index in [0.717, 1.165) is 0 Å². The molecule has 2 aromatic rings. The van der Waals surface area contributed by atoms with Gasteiger partial charge in [-0.25, -0.2) is 4.99 Å². The maximum atomic E-state index is 10.4. The summed E-state index contributed by atoms with van der Waals surface area (Å²) in [7, 11) is -4.00. The molecule has 0 saturated carbocycles. The first-order valence-corrected chi connectivity index (χ1v) is 8.70. The van der Waals surface area contributed by atoms with Crippen LogP contribution in [-0.2, 0) is 10.1 Å². The second-order valence-electron chi connectivity index (χ2n) is 4.42. The van der Waals surface area contributed by atoms with Crippen LogP contribution in [0.1, 0.15) is 0 Å². The maximum Gasteiger partial charge on any atom is 0.294 e. The number of nitrogens with zero attached hydrogens (tertiary/aromatic N) is 2. The summed E-state index contributed by atoms with van der Waals surface area (Å²) in [5, 5.41) is 0.914. The van der Waals surface area contributed by atoms with E-state index in [9.17, 15) is 8.42 Å². The van der Waals surface area contributed by atoms with Crippen LogP contribution in [0.2, 0.25) is 10.0 Å². The molecule has 0 atom stereocenters. The number of aliphatic imine (C=N–C) groups is 2. The van der Waals surface area contributed by atoms with Gasteiger partial charge in [0.05, 0.1) is 10.6 Å². The number of benzene rings is 2. The maximum absolute atomic E-state index is 10.4. The van der Waals surface area contributed by atoms with Gasteiger partial charge in [-0.2, -0.15) is 13.4 Å². The van der Waals surface area contributed by atoms with Gasteiger partial charge in [0.2, 0.25) is 5.96 Å². The van der Waals surface area contributed by atoms with Crippen LogP contribution >= 0.6 is 23.2 Å². The van der Waals surface area contributed by atoms with Crippen LogP contribution < -0.4 is 17.2 Å². The fourth-order valence-electron chi connectivity index (χ4n) is 1.49. The lowest BCUT2D eigenvalue weighted by atomic mass is 10.3. The Labute approximate surface area is 154 Å². The SMILES string of the molecule is NC(N)=NC(N)=Nc1cc(Cl)cc(Cl)c1.O=S(=O)(O)c1ccccc1. The Bertz CT molecular complexity index is 862. The van der Waals surface area contributed by atoms with Gasteiger partial charge in [-0.15, -0.1) is 0 Å². The second kappa shape index (κ2) is 9.23. The first kappa shape index (κ1) is 20.7. The minimum Gasteiger partial charge on any atom is -0.370 e. The van der Waals surface area contributed by atoms with Crippen molar-refractivity contribution in [1.29, 1.82) is 0 Å². The van der Waals surface area contributed by atoms with E-state index in [4.69, 9.17) is 45.0 Å². The van der Waals surface area contributed by atoms with Gasteiger partial charge in [-0.3, -0.25) is 4.55 Å². The van der Waals surface area contributed by atoms with Crippen molar-refractivity contribution < 1.29 is 13.0 Å². The highest BCUT2D eigenvalue weighted by molar-refractivity contribution is 7.85. The Hall–Kier alpha value is -2.33. The Morgan fingerprint density at radius 1 is 0.960 bits per heavy atom. The predicted octanol–water partition coefficient (Wildman–Crippen LogP) is 2.15. The summed E-state index contributed by atoms with van der Waals surface area (Å²) < 4.78 is 29.2. The summed E-state index contributed by atoms with van der Waals surface area (Å²) in [4.78, 5) is 7.37. The summed E-state index contributed by atoms with van der Waals surface area (Å²) in [5.74, 6) is -0.224. The van der Waals surface area contributed by atoms with E-state index in [1.165, 1.54) is 12.1 Å². The topological polar surface area (TPSA) is 157 Å². The van der Waals surface area contributed by atoms with Gasteiger partial charge in [0, 0.05) is 10.0 Å². The van der Waals surface area contributed by atoms with E-state index in [1.807, 2.05) is 0 Å². The second-order valence-corrected chi connectivity index (χ2v) is 6.72. The first-order chi connectivity index (χ1) is 11.6. The molecule has 7 N–H and O–H groups in total. The van der Waals surface area contributed by atoms with Crippen LogP contribution in [0, 0.1) is 0 Å². The molecule has 0 saturated heterocycles. The summed E-state index contributed by atoms with van der Waals surface area (Å²) >= 11 is 11.5. The van der Waals surface area contributed by atoms with Crippen molar-refractivity contribution in [3.63, 3.8) is 0 Å². The predicted molar refractivity (Wildman–Crippen MR) is 99.8 cm³/mol. The third-order valence-electron chi connectivity index (χ3n) is 2.38. The minimum absolute atomic E-state index is 0.0617. The highest BCUT2D eigenvalue weighted by Gasteiger charge is 2.05. The standard InChI is InChI=1S/C8H9Cl2N5.C6H6O3S/c9-4-1-5(10)3-6(2-4)14-8(13)15-7(11)12;7-10(8,9)6-4-2-1-3-5-6/h1-3H,(H6,11,12,13,14,15);1-5H,(H,7,8,9). The molecule has 0 aliphatic rings. The van der Waals surface area contributed by atoms with Gasteiger partial charge < -0.3 is 17.2 Å². The van der Waals surface area contributed by atoms with E-state index in [-0.39, 0.29) is 16.8 Å². The summed E-state index contributed by atoms with van der Waals surface area (Å²) in [5.41, 5.74) is 16.1. The lowest BCUT2D eigenvalue weighted by Crippen LogP contribution is -2.26. The Kier molecular flexibility index (Phi) is 7.65. The summed E-state index contributed by atoms with van der Waals surface area (Å²) in [6.07, 6.45) is 0. The van der Waals surface area contributed by atoms with Gasteiger partial charge in [0.25, 0.3) is 10.1 Å². The van der Waals surface area contributed by atoms with Crippen molar-refractivity contribution in [3.05, 3.63) is 58.6 Å². The smallest absolute Gasteiger partial charge is 0.294 e. The van der Waals surface area contributed by atoms with Crippen molar-refractivity contribution in [2.24, 2.45) is 27.2 Å². The van der Waals surface area contributed by atoms with Crippen LogP contribution in [-0.4, -0.2) is 24.9 Å². The van der Waals surface area contributed by atoms with Crippen molar-refractivity contribution >= 4 is 50.9 Å². The molecule has 0 bridgehead atoms. The van der Waals surface area contributed by atoms with Gasteiger partial charge in [-0.05, 0) is 30.3 Å². The van der Waals surface area contributed by atoms with E-state index < -0.39 is 10.1 Å². The van der Waals surface area contributed by atoms with E-state index in [1.54, 1.807) is 36.4 Å². The van der Waals surface area contributed by atoms with Crippen LogP contribution in [0.15, 0.2) is 63.4 Å². The molecule has 0 radical (unpaired) electrons. The molecule has 11 heteroatoms. The van der Waals surface area contributed by atoms with Crippen LogP contribution in [0.25, 0.3) is 0 Å². The number of guanidine groups is 2. The molecule has 8 nitrogen and oxygen atoms in total. The van der Waals surface area contributed by atoms with Crippen molar-refractivity contribution in [1.82, 2.24) is 0 Å². The number of rotatable bonds is 2. The molecule has 0 aliphatic heterocycles. The summed E-state index contributed by atoms with van der Waals surface area (Å²) in [6, 6.07) is 12.2. The highest BCUT2D eigenvalue weighted by Crippen LogP contribution is 2.24. The zero-order valence-electron chi connectivity index (χ0n) is 12.7. The number of hydrogen-bond acceptors (Lipinski definition) is 3. The van der Waals surface area contributed by atoms with E-state index in [2.05, 4.69) is 9.98 Å².